The van der Waals surface area contributed by atoms with Crippen LogP contribution in [-0.2, 0) is 26.2 Å². The predicted molar refractivity (Wildman–Crippen MR) is 144 cm³/mol. The lowest BCUT2D eigenvalue weighted by molar-refractivity contribution is -0.137. The second-order valence-electron chi connectivity index (χ2n) is 8.20. The maximum absolute atomic E-state index is 13.2. The number of nitrogens with one attached hydrogen (secondary N) is 2. The zero-order valence-electron chi connectivity index (χ0n) is 19.4. The molecular formula is C25H16ClF3N2O5S3. The minimum absolute atomic E-state index is 0.124. The van der Waals surface area contributed by atoms with Crippen LogP contribution in [0.25, 0.3) is 22.3 Å². The van der Waals surface area contributed by atoms with Gasteiger partial charge >= 0.3 is 6.18 Å². The third-order valence-corrected chi connectivity index (χ3v) is 9.95. The van der Waals surface area contributed by atoms with Crippen LogP contribution in [-0.4, -0.2) is 16.8 Å². The molecule has 0 aliphatic heterocycles. The standard InChI is InChI=1S/C25H16ClF3N2O5S3/c26-23-10-11-24(37-23)39(34,35)30-19-9-8-16(22-13-15-4-1-2-7-21(15)36-22)12-20(19)31-38(32,33)18-6-3-5-17(14-18)25(27,28)29/h1-14,30-31H. The van der Waals surface area contributed by atoms with Gasteiger partial charge in [0.1, 0.15) is 15.6 Å². The molecule has 39 heavy (non-hydrogen) atoms. The Balaban J connectivity index is 1.59. The lowest BCUT2D eigenvalue weighted by atomic mass is 10.1. The van der Waals surface area contributed by atoms with Crippen LogP contribution in [0, 0.1) is 0 Å². The Kier molecular flexibility index (Phi) is 6.87. The number of para-hydroxylation sites is 1. The molecule has 2 aromatic heterocycles. The highest BCUT2D eigenvalue weighted by molar-refractivity contribution is 7.94. The molecular weight excluding hydrogens is 597 g/mol. The van der Waals surface area contributed by atoms with Crippen LogP contribution in [0.3, 0.4) is 0 Å². The lowest BCUT2D eigenvalue weighted by Crippen LogP contribution is -2.18. The van der Waals surface area contributed by atoms with Crippen LogP contribution >= 0.6 is 22.9 Å². The average Bonchev–Trinajstić information content (AvgIpc) is 3.51. The third kappa shape index (κ3) is 5.76. The van der Waals surface area contributed by atoms with Crippen LogP contribution in [0.5, 0.6) is 0 Å². The Bertz CT molecular complexity index is 1880. The molecule has 14 heteroatoms. The van der Waals surface area contributed by atoms with Crippen molar-refractivity contribution in [2.75, 3.05) is 9.44 Å². The van der Waals surface area contributed by atoms with Gasteiger partial charge in [-0.25, -0.2) is 16.8 Å². The van der Waals surface area contributed by atoms with Crippen molar-refractivity contribution in [3.8, 4) is 11.3 Å². The topological polar surface area (TPSA) is 105 Å². The average molecular weight is 613 g/mol. The summed E-state index contributed by atoms with van der Waals surface area (Å²) in [5, 5.41) is 0.776. The summed E-state index contributed by atoms with van der Waals surface area (Å²) >= 11 is 6.66. The number of anilines is 2. The molecule has 3 aromatic carbocycles. The van der Waals surface area contributed by atoms with Crippen molar-refractivity contribution in [3.05, 3.63) is 94.8 Å². The molecule has 202 valence electrons. The molecule has 0 fully saturated rings. The molecule has 0 aliphatic carbocycles. The van der Waals surface area contributed by atoms with Gasteiger partial charge in [-0.15, -0.1) is 11.3 Å². The number of furan rings is 1. The van der Waals surface area contributed by atoms with Crippen molar-refractivity contribution < 1.29 is 34.4 Å². The first-order valence-electron chi connectivity index (χ1n) is 10.9. The van der Waals surface area contributed by atoms with E-state index < -0.39 is 36.7 Å². The summed E-state index contributed by atoms with van der Waals surface area (Å²) in [5.74, 6) is 0.357. The molecule has 5 aromatic rings. The van der Waals surface area contributed by atoms with E-state index in [-0.39, 0.29) is 19.9 Å². The summed E-state index contributed by atoms with van der Waals surface area (Å²) in [7, 11) is -8.77. The van der Waals surface area contributed by atoms with E-state index in [0.29, 0.717) is 23.0 Å². The van der Waals surface area contributed by atoms with Crippen molar-refractivity contribution in [2.45, 2.75) is 15.3 Å². The molecule has 0 atom stereocenters. The Morgan fingerprint density at radius 1 is 0.769 bits per heavy atom. The number of thiophene rings is 1. The molecule has 2 N–H and O–H groups in total. The lowest BCUT2D eigenvalue weighted by Gasteiger charge is -2.16. The number of benzene rings is 3. The molecule has 0 unspecified atom stereocenters. The quantitative estimate of drug-likeness (QED) is 0.199. The van der Waals surface area contributed by atoms with Gasteiger partial charge in [0.2, 0.25) is 0 Å². The largest absolute Gasteiger partial charge is 0.456 e. The first-order valence-corrected chi connectivity index (χ1v) is 15.1. The van der Waals surface area contributed by atoms with E-state index in [1.54, 1.807) is 18.2 Å². The van der Waals surface area contributed by atoms with Crippen LogP contribution in [0.4, 0.5) is 24.5 Å². The maximum atomic E-state index is 13.2. The Hall–Kier alpha value is -3.52. The highest BCUT2D eigenvalue weighted by atomic mass is 35.5. The van der Waals surface area contributed by atoms with Crippen LogP contribution < -0.4 is 9.44 Å². The van der Waals surface area contributed by atoms with Crippen molar-refractivity contribution >= 4 is 65.3 Å². The van der Waals surface area contributed by atoms with E-state index in [1.165, 1.54) is 30.3 Å². The predicted octanol–water partition coefficient (Wildman–Crippen LogP) is 7.44. The van der Waals surface area contributed by atoms with Crippen molar-refractivity contribution in [3.63, 3.8) is 0 Å². The smallest absolute Gasteiger partial charge is 0.416 e. The SMILES string of the molecule is O=S(=O)(Nc1cc(-c2cc3ccccc3o2)ccc1NS(=O)(=O)c1ccc(Cl)s1)c1cccc(C(F)(F)F)c1. The third-order valence-electron chi connectivity index (χ3n) is 5.50. The molecule has 0 bridgehead atoms. The fourth-order valence-electron chi connectivity index (χ4n) is 3.68. The molecule has 2 heterocycles. The Labute approximate surface area is 230 Å². The molecule has 0 saturated carbocycles. The summed E-state index contributed by atoms with van der Waals surface area (Å²) in [6.07, 6.45) is -4.77. The monoisotopic (exact) mass is 612 g/mol. The van der Waals surface area contributed by atoms with E-state index in [2.05, 4.69) is 9.44 Å². The zero-order chi connectivity index (χ0) is 28.0. The summed E-state index contributed by atoms with van der Waals surface area (Å²) in [5.41, 5.74) is -0.614. The molecule has 0 saturated heterocycles. The Morgan fingerprint density at radius 2 is 1.51 bits per heavy atom. The zero-order valence-corrected chi connectivity index (χ0v) is 22.6. The minimum Gasteiger partial charge on any atom is -0.456 e. The van der Waals surface area contributed by atoms with Gasteiger partial charge in [-0.1, -0.05) is 35.9 Å². The van der Waals surface area contributed by atoms with Crippen molar-refractivity contribution in [2.24, 2.45) is 0 Å². The van der Waals surface area contributed by atoms with Gasteiger partial charge in [0.05, 0.1) is 26.2 Å². The van der Waals surface area contributed by atoms with Gasteiger partial charge in [0.25, 0.3) is 20.0 Å². The Morgan fingerprint density at radius 3 is 2.21 bits per heavy atom. The molecule has 0 aliphatic rings. The number of halogens is 4. The number of sulfonamides is 2. The van der Waals surface area contributed by atoms with E-state index in [4.69, 9.17) is 16.0 Å². The van der Waals surface area contributed by atoms with Crippen molar-refractivity contribution in [1.82, 2.24) is 0 Å². The fourth-order valence-corrected chi connectivity index (χ4v) is 7.35. The summed E-state index contributed by atoms with van der Waals surface area (Å²) < 4.78 is 102. The second-order valence-corrected chi connectivity index (χ2v) is 13.5. The van der Waals surface area contributed by atoms with E-state index in [9.17, 15) is 30.0 Å². The van der Waals surface area contributed by atoms with Gasteiger partial charge in [-0.3, -0.25) is 9.44 Å². The number of rotatable bonds is 7. The summed E-state index contributed by atoms with van der Waals surface area (Å²) in [6, 6.07) is 18.9. The van der Waals surface area contributed by atoms with Crippen LogP contribution in [0.1, 0.15) is 5.56 Å². The maximum Gasteiger partial charge on any atom is 0.416 e. The molecule has 0 amide bonds. The fraction of sp³-hybridized carbons (Fsp3) is 0.0400. The second kappa shape index (κ2) is 9.90. The normalized spacial score (nSPS) is 12.5. The van der Waals surface area contributed by atoms with Gasteiger partial charge in [-0.2, -0.15) is 13.2 Å². The van der Waals surface area contributed by atoms with Gasteiger partial charge in [0, 0.05) is 10.9 Å². The van der Waals surface area contributed by atoms with E-state index >= 15 is 0 Å². The highest BCUT2D eigenvalue weighted by Crippen LogP contribution is 2.36. The first kappa shape index (κ1) is 27.1. The molecule has 7 nitrogen and oxygen atoms in total. The van der Waals surface area contributed by atoms with Gasteiger partial charge in [-0.05, 0) is 60.7 Å². The molecule has 5 rings (SSSR count). The van der Waals surface area contributed by atoms with E-state index in [0.717, 1.165) is 34.9 Å². The molecule has 0 spiro atoms. The van der Waals surface area contributed by atoms with Crippen molar-refractivity contribution in [1.29, 1.82) is 0 Å². The highest BCUT2D eigenvalue weighted by Gasteiger charge is 2.32. The summed E-state index contributed by atoms with van der Waals surface area (Å²) in [4.78, 5) is -0.662. The number of alkyl halides is 3. The van der Waals surface area contributed by atoms with Gasteiger partial charge < -0.3 is 4.42 Å². The summed E-state index contributed by atoms with van der Waals surface area (Å²) in [6.45, 7) is 0. The van der Waals surface area contributed by atoms with E-state index in [1.807, 2.05) is 12.1 Å². The minimum atomic E-state index is -4.77. The van der Waals surface area contributed by atoms with Crippen LogP contribution in [0.2, 0.25) is 4.34 Å². The van der Waals surface area contributed by atoms with Gasteiger partial charge in [0.15, 0.2) is 0 Å². The number of hydrogen-bond acceptors (Lipinski definition) is 6. The number of fused-ring (bicyclic) bond motifs is 1. The van der Waals surface area contributed by atoms with Crippen LogP contribution in [0.15, 0.2) is 98.5 Å². The first-order chi connectivity index (χ1) is 18.3. The number of hydrogen-bond donors (Lipinski definition) is 2. The molecule has 0 radical (unpaired) electrons.